The minimum Gasteiger partial charge on any atom is -0.481 e. The van der Waals surface area contributed by atoms with Crippen molar-refractivity contribution in [2.75, 3.05) is 6.54 Å². The second kappa shape index (κ2) is 7.80. The van der Waals surface area contributed by atoms with Crippen molar-refractivity contribution in [3.05, 3.63) is 71.0 Å². The maximum absolute atomic E-state index is 13.6. The Labute approximate surface area is 166 Å². The molecule has 3 N–H and O–H groups in total. The Bertz CT molecular complexity index is 1050. The summed E-state index contributed by atoms with van der Waals surface area (Å²) in [6, 6.07) is 13.6. The maximum Gasteiger partial charge on any atom is 0.248 e. The van der Waals surface area contributed by atoms with Gasteiger partial charge in [-0.05, 0) is 35.0 Å². The van der Waals surface area contributed by atoms with Gasteiger partial charge >= 0.3 is 0 Å². The lowest BCUT2D eigenvalue weighted by Gasteiger charge is -2.23. The van der Waals surface area contributed by atoms with E-state index in [0.29, 0.717) is 30.2 Å². The van der Waals surface area contributed by atoms with E-state index in [2.05, 4.69) is 20.8 Å². The number of Topliss-reactive ketones (excluding diaryl/α,β-unsaturated/α-hetero) is 1. The molecule has 1 aliphatic rings. The topological polar surface area (TPSA) is 125 Å². The Morgan fingerprint density at radius 2 is 2.03 bits per heavy atom. The number of rotatable bonds is 5. The number of hydrogen-bond donors (Lipinski definition) is 2. The molecule has 4 rings (SSSR count). The molecule has 0 fully saturated rings. The fourth-order valence-corrected chi connectivity index (χ4v) is 3.37. The van der Waals surface area contributed by atoms with Crippen molar-refractivity contribution in [3.63, 3.8) is 0 Å². The standard InChI is InChI=1S/C20H20N6O3/c1-12-23-24-25-26(12)18(13-5-3-2-4-6-13)19(27)17-11-22-10-15-8-7-14(20(21)28)9-16(15)29-17/h2-9,17-18,22H,10-11H2,1H3,(H2,21,28). The minimum absolute atomic E-state index is 0.198. The van der Waals surface area contributed by atoms with Gasteiger partial charge in [0.15, 0.2) is 6.10 Å². The zero-order valence-electron chi connectivity index (χ0n) is 15.8. The van der Waals surface area contributed by atoms with Crippen LogP contribution >= 0.6 is 0 Å². The Morgan fingerprint density at radius 1 is 1.24 bits per heavy atom. The van der Waals surface area contributed by atoms with Crippen LogP contribution in [0.25, 0.3) is 0 Å². The van der Waals surface area contributed by atoms with Crippen LogP contribution in [0.5, 0.6) is 5.75 Å². The molecule has 9 heteroatoms. The highest BCUT2D eigenvalue weighted by Crippen LogP contribution is 2.27. The van der Waals surface area contributed by atoms with Crippen LogP contribution in [0.1, 0.15) is 33.4 Å². The number of ether oxygens (including phenoxy) is 1. The number of aryl methyl sites for hydroxylation is 1. The average Bonchev–Trinajstić information content (AvgIpc) is 3.02. The molecule has 0 radical (unpaired) electrons. The number of hydrogen-bond acceptors (Lipinski definition) is 7. The van der Waals surface area contributed by atoms with Gasteiger partial charge in [0.2, 0.25) is 11.7 Å². The predicted octanol–water partition coefficient (Wildman–Crippen LogP) is 0.790. The van der Waals surface area contributed by atoms with Crippen LogP contribution in [0.4, 0.5) is 0 Å². The Morgan fingerprint density at radius 3 is 2.72 bits per heavy atom. The van der Waals surface area contributed by atoms with E-state index in [1.54, 1.807) is 25.1 Å². The largest absolute Gasteiger partial charge is 0.481 e. The summed E-state index contributed by atoms with van der Waals surface area (Å²) < 4.78 is 7.54. The molecule has 0 aliphatic carbocycles. The van der Waals surface area contributed by atoms with Crippen LogP contribution in [-0.4, -0.2) is 44.5 Å². The first-order chi connectivity index (χ1) is 14.0. The van der Waals surface area contributed by atoms with E-state index < -0.39 is 18.1 Å². The Balaban J connectivity index is 1.70. The lowest BCUT2D eigenvalue weighted by Crippen LogP contribution is -2.41. The molecule has 1 amide bonds. The highest BCUT2D eigenvalue weighted by molar-refractivity contribution is 5.93. The fraction of sp³-hybridized carbons (Fsp3) is 0.250. The molecule has 29 heavy (non-hydrogen) atoms. The van der Waals surface area contributed by atoms with Gasteiger partial charge in [-0.1, -0.05) is 36.4 Å². The third-order valence-corrected chi connectivity index (χ3v) is 4.87. The second-order valence-electron chi connectivity index (χ2n) is 6.81. The first-order valence-corrected chi connectivity index (χ1v) is 9.18. The number of fused-ring (bicyclic) bond motifs is 1. The fourth-order valence-electron chi connectivity index (χ4n) is 3.37. The number of aromatic nitrogens is 4. The number of benzene rings is 2. The summed E-state index contributed by atoms with van der Waals surface area (Å²) in [4.78, 5) is 25.1. The number of nitrogens with one attached hydrogen (secondary N) is 1. The van der Waals surface area contributed by atoms with Crippen molar-refractivity contribution >= 4 is 11.7 Å². The molecule has 0 saturated carbocycles. The number of ketones is 1. The van der Waals surface area contributed by atoms with Crippen LogP contribution in [0.3, 0.4) is 0 Å². The van der Waals surface area contributed by atoms with E-state index in [1.807, 2.05) is 30.3 Å². The molecule has 1 aromatic heterocycles. The van der Waals surface area contributed by atoms with E-state index in [4.69, 9.17) is 10.5 Å². The predicted molar refractivity (Wildman–Crippen MR) is 103 cm³/mol. The van der Waals surface area contributed by atoms with E-state index >= 15 is 0 Å². The normalized spacial score (nSPS) is 16.9. The van der Waals surface area contributed by atoms with Crippen molar-refractivity contribution in [2.45, 2.75) is 25.6 Å². The molecule has 3 aromatic rings. The van der Waals surface area contributed by atoms with Gasteiger partial charge in [0, 0.05) is 24.2 Å². The molecule has 148 valence electrons. The summed E-state index contributed by atoms with van der Waals surface area (Å²) in [5, 5.41) is 14.8. The molecular formula is C20H20N6O3. The summed E-state index contributed by atoms with van der Waals surface area (Å²) in [6.45, 7) is 2.56. The van der Waals surface area contributed by atoms with E-state index in [-0.39, 0.29) is 5.78 Å². The third kappa shape index (κ3) is 3.72. The number of carbonyl (C=O) groups is 2. The van der Waals surface area contributed by atoms with Gasteiger partial charge in [-0.2, -0.15) is 0 Å². The lowest BCUT2D eigenvalue weighted by molar-refractivity contribution is -0.128. The van der Waals surface area contributed by atoms with Gasteiger partial charge in [-0.25, -0.2) is 4.68 Å². The summed E-state index contributed by atoms with van der Waals surface area (Å²) >= 11 is 0. The number of primary amides is 1. The van der Waals surface area contributed by atoms with Gasteiger partial charge in [-0.3, -0.25) is 9.59 Å². The van der Waals surface area contributed by atoms with Crippen molar-refractivity contribution in [2.24, 2.45) is 5.73 Å². The summed E-state index contributed by atoms with van der Waals surface area (Å²) in [6.07, 6.45) is -0.798. The summed E-state index contributed by atoms with van der Waals surface area (Å²) in [7, 11) is 0. The number of tetrazole rings is 1. The lowest BCUT2D eigenvalue weighted by atomic mass is 9.99. The first-order valence-electron chi connectivity index (χ1n) is 9.18. The molecular weight excluding hydrogens is 372 g/mol. The third-order valence-electron chi connectivity index (χ3n) is 4.87. The number of nitrogens with zero attached hydrogens (tertiary/aromatic N) is 4. The van der Waals surface area contributed by atoms with Crippen molar-refractivity contribution < 1.29 is 14.3 Å². The average molecular weight is 392 g/mol. The van der Waals surface area contributed by atoms with Crippen LogP contribution in [0.15, 0.2) is 48.5 Å². The maximum atomic E-state index is 13.6. The smallest absolute Gasteiger partial charge is 0.248 e. The molecule has 0 saturated heterocycles. The summed E-state index contributed by atoms with van der Waals surface area (Å²) in [5.41, 5.74) is 7.31. The van der Waals surface area contributed by atoms with Crippen LogP contribution in [0, 0.1) is 6.92 Å². The van der Waals surface area contributed by atoms with Crippen LogP contribution < -0.4 is 15.8 Å². The van der Waals surface area contributed by atoms with E-state index in [1.165, 1.54) is 4.68 Å². The zero-order chi connectivity index (χ0) is 20.4. The van der Waals surface area contributed by atoms with Crippen molar-refractivity contribution in [3.8, 4) is 5.75 Å². The summed E-state index contributed by atoms with van der Waals surface area (Å²) in [5.74, 6) is 0.231. The number of carbonyl (C=O) groups excluding carboxylic acids is 2. The van der Waals surface area contributed by atoms with Crippen molar-refractivity contribution in [1.29, 1.82) is 0 Å². The van der Waals surface area contributed by atoms with Crippen LogP contribution in [0.2, 0.25) is 0 Å². The van der Waals surface area contributed by atoms with Gasteiger partial charge in [-0.15, -0.1) is 5.10 Å². The Hall–Kier alpha value is -3.59. The number of amides is 1. The van der Waals surface area contributed by atoms with Crippen molar-refractivity contribution in [1.82, 2.24) is 25.5 Å². The molecule has 0 spiro atoms. The highest BCUT2D eigenvalue weighted by Gasteiger charge is 2.34. The van der Waals surface area contributed by atoms with Crippen LogP contribution in [-0.2, 0) is 11.3 Å². The van der Waals surface area contributed by atoms with E-state index in [9.17, 15) is 9.59 Å². The zero-order valence-corrected chi connectivity index (χ0v) is 15.8. The molecule has 2 heterocycles. The SMILES string of the molecule is Cc1nnnn1C(C(=O)C1CNCc2ccc(C(N)=O)cc2O1)c1ccccc1. The number of nitrogens with two attached hydrogens (primary N) is 1. The van der Waals surface area contributed by atoms with Gasteiger partial charge in [0.1, 0.15) is 17.6 Å². The quantitative estimate of drug-likeness (QED) is 0.657. The minimum atomic E-state index is -0.798. The van der Waals surface area contributed by atoms with Gasteiger partial charge < -0.3 is 15.8 Å². The van der Waals surface area contributed by atoms with E-state index in [0.717, 1.165) is 11.1 Å². The van der Waals surface area contributed by atoms with Gasteiger partial charge in [0.25, 0.3) is 0 Å². The van der Waals surface area contributed by atoms with Gasteiger partial charge in [0.05, 0.1) is 0 Å². The highest BCUT2D eigenvalue weighted by atomic mass is 16.5. The molecule has 2 atom stereocenters. The molecule has 1 aliphatic heterocycles. The second-order valence-corrected chi connectivity index (χ2v) is 6.81. The molecule has 2 aromatic carbocycles. The molecule has 2 unspecified atom stereocenters. The molecule has 0 bridgehead atoms. The first kappa shape index (κ1) is 18.8. The Kier molecular flexibility index (Phi) is 5.05. The molecule has 9 nitrogen and oxygen atoms in total. The monoisotopic (exact) mass is 392 g/mol.